The average molecular weight is 390 g/mol. The highest BCUT2D eigenvalue weighted by Crippen LogP contribution is 2.23. The number of fused-ring (bicyclic) bond motifs is 1. The third kappa shape index (κ3) is 4.17. The topological polar surface area (TPSA) is 65.6 Å². The molecule has 0 spiro atoms. The van der Waals surface area contributed by atoms with Crippen LogP contribution in [0.15, 0.2) is 83.7 Å². The summed E-state index contributed by atoms with van der Waals surface area (Å²) in [6.07, 6.45) is -0.821. The normalized spacial score (nSPS) is 12.1. The first-order valence-electron chi connectivity index (χ1n) is 9.40. The number of ether oxygens (including phenoxy) is 2. The van der Waals surface area contributed by atoms with Crippen LogP contribution in [0.3, 0.4) is 0 Å². The molecule has 148 valence electrons. The van der Waals surface area contributed by atoms with Crippen LogP contribution in [-0.2, 0) is 13.6 Å². The number of hydrogen-bond acceptors (Lipinski definition) is 4. The molecule has 1 aromatic heterocycles. The van der Waals surface area contributed by atoms with Crippen molar-refractivity contribution in [3.05, 3.63) is 89.3 Å². The smallest absolute Gasteiger partial charge is 0.328 e. The Morgan fingerprint density at radius 1 is 0.828 bits per heavy atom. The van der Waals surface area contributed by atoms with E-state index in [0.717, 1.165) is 16.8 Å². The molecule has 0 bridgehead atoms. The highest BCUT2D eigenvalue weighted by molar-refractivity contribution is 5.75. The third-order valence-corrected chi connectivity index (χ3v) is 4.69. The van der Waals surface area contributed by atoms with Gasteiger partial charge in [0.15, 0.2) is 0 Å². The predicted octanol–water partition coefficient (Wildman–Crippen LogP) is 3.57. The third-order valence-electron chi connectivity index (χ3n) is 4.69. The van der Waals surface area contributed by atoms with E-state index < -0.39 is 6.10 Å². The Bertz CT molecular complexity index is 1150. The minimum Gasteiger partial charge on any atom is -0.491 e. The highest BCUT2D eigenvalue weighted by atomic mass is 16.5. The molecule has 29 heavy (non-hydrogen) atoms. The lowest BCUT2D eigenvalue weighted by Crippen LogP contribution is -2.30. The summed E-state index contributed by atoms with van der Waals surface area (Å²) in [5.74, 6) is 2.08. The zero-order chi connectivity index (χ0) is 20.2. The Balaban J connectivity index is 1.37. The molecule has 0 saturated heterocycles. The second-order valence-electron chi connectivity index (χ2n) is 6.79. The largest absolute Gasteiger partial charge is 0.491 e. The van der Waals surface area contributed by atoms with Crippen LogP contribution in [0, 0.1) is 0 Å². The maximum Gasteiger partial charge on any atom is 0.328 e. The zero-order valence-corrected chi connectivity index (χ0v) is 16.1. The number of hydrogen-bond donors (Lipinski definition) is 1. The van der Waals surface area contributed by atoms with E-state index in [1.807, 2.05) is 66.7 Å². The number of para-hydroxylation sites is 3. The van der Waals surface area contributed by atoms with Gasteiger partial charge in [-0.3, -0.25) is 9.13 Å². The molecule has 0 amide bonds. The van der Waals surface area contributed by atoms with Crippen LogP contribution in [0.25, 0.3) is 11.0 Å². The van der Waals surface area contributed by atoms with E-state index in [1.165, 1.54) is 0 Å². The van der Waals surface area contributed by atoms with E-state index in [4.69, 9.17) is 9.47 Å². The SMILES string of the molecule is Cn1c(=O)n(CC(O)COc2ccc(Oc3ccccc3)cc2)c2ccccc21. The summed E-state index contributed by atoms with van der Waals surface area (Å²) >= 11 is 0. The minimum absolute atomic E-state index is 0.0779. The van der Waals surface area contributed by atoms with Crippen LogP contribution in [0.5, 0.6) is 17.2 Å². The summed E-state index contributed by atoms with van der Waals surface area (Å²) in [6.45, 7) is 0.240. The maximum absolute atomic E-state index is 12.4. The number of nitrogens with zero attached hydrogens (tertiary/aromatic N) is 2. The Labute approximate surface area is 168 Å². The maximum atomic E-state index is 12.4. The van der Waals surface area contributed by atoms with Gasteiger partial charge in [-0.05, 0) is 48.5 Å². The zero-order valence-electron chi connectivity index (χ0n) is 16.1. The van der Waals surface area contributed by atoms with Gasteiger partial charge in [0.05, 0.1) is 17.6 Å². The molecule has 3 aromatic carbocycles. The summed E-state index contributed by atoms with van der Waals surface area (Å²) in [4.78, 5) is 12.4. The van der Waals surface area contributed by atoms with Gasteiger partial charge in [-0.2, -0.15) is 0 Å². The summed E-state index contributed by atoms with van der Waals surface area (Å²) in [5.41, 5.74) is 1.47. The second-order valence-corrected chi connectivity index (χ2v) is 6.79. The summed E-state index contributed by atoms with van der Waals surface area (Å²) in [6, 6.07) is 24.2. The van der Waals surface area contributed by atoms with Gasteiger partial charge in [0.1, 0.15) is 30.0 Å². The van der Waals surface area contributed by atoms with Gasteiger partial charge in [0.2, 0.25) is 0 Å². The molecular weight excluding hydrogens is 368 g/mol. The van der Waals surface area contributed by atoms with Crippen LogP contribution >= 0.6 is 0 Å². The van der Waals surface area contributed by atoms with Crippen molar-refractivity contribution in [2.75, 3.05) is 6.61 Å². The summed E-state index contributed by atoms with van der Waals surface area (Å²) in [5, 5.41) is 10.4. The van der Waals surface area contributed by atoms with E-state index in [9.17, 15) is 9.90 Å². The van der Waals surface area contributed by atoms with Crippen molar-refractivity contribution in [2.24, 2.45) is 7.05 Å². The van der Waals surface area contributed by atoms with Gasteiger partial charge in [-0.15, -0.1) is 0 Å². The molecule has 6 heteroatoms. The molecule has 0 aliphatic rings. The number of imidazole rings is 1. The molecule has 1 N–H and O–H groups in total. The highest BCUT2D eigenvalue weighted by Gasteiger charge is 2.14. The number of rotatable bonds is 7. The van der Waals surface area contributed by atoms with Gasteiger partial charge in [0.25, 0.3) is 0 Å². The quantitative estimate of drug-likeness (QED) is 0.524. The van der Waals surface area contributed by atoms with Crippen LogP contribution < -0.4 is 15.2 Å². The lowest BCUT2D eigenvalue weighted by molar-refractivity contribution is 0.0925. The lowest BCUT2D eigenvalue weighted by atomic mass is 10.3. The minimum atomic E-state index is -0.821. The monoisotopic (exact) mass is 390 g/mol. The lowest BCUT2D eigenvalue weighted by Gasteiger charge is -2.13. The van der Waals surface area contributed by atoms with Crippen LogP contribution in [0.2, 0.25) is 0 Å². The number of aliphatic hydroxyl groups excluding tert-OH is 1. The van der Waals surface area contributed by atoms with E-state index in [-0.39, 0.29) is 18.8 Å². The molecule has 0 aliphatic carbocycles. The fourth-order valence-electron chi connectivity index (χ4n) is 3.22. The summed E-state index contributed by atoms with van der Waals surface area (Å²) < 4.78 is 14.6. The number of aliphatic hydroxyl groups is 1. The van der Waals surface area contributed by atoms with Crippen LogP contribution in [0.4, 0.5) is 0 Å². The molecule has 1 unspecified atom stereocenters. The Morgan fingerprint density at radius 2 is 1.41 bits per heavy atom. The number of aromatic nitrogens is 2. The molecule has 0 fully saturated rings. The molecule has 0 saturated carbocycles. The van der Waals surface area contributed by atoms with Crippen LogP contribution in [-0.4, -0.2) is 27.0 Å². The molecule has 4 aromatic rings. The van der Waals surface area contributed by atoms with Gasteiger partial charge >= 0.3 is 5.69 Å². The van der Waals surface area contributed by atoms with Crippen molar-refractivity contribution in [3.63, 3.8) is 0 Å². The van der Waals surface area contributed by atoms with E-state index in [1.54, 1.807) is 28.3 Å². The standard InChI is InChI=1S/C23H22N2O4/c1-24-21-9-5-6-10-22(21)25(23(24)27)15-17(26)16-28-18-11-13-20(14-12-18)29-19-7-3-2-4-8-19/h2-14,17,26H,15-16H2,1H3. The Morgan fingerprint density at radius 3 is 2.14 bits per heavy atom. The van der Waals surface area contributed by atoms with E-state index in [0.29, 0.717) is 11.5 Å². The van der Waals surface area contributed by atoms with Crippen molar-refractivity contribution in [1.29, 1.82) is 0 Å². The second kappa shape index (κ2) is 8.24. The average Bonchev–Trinajstić information content (AvgIpc) is 2.99. The van der Waals surface area contributed by atoms with Gasteiger partial charge in [-0.1, -0.05) is 30.3 Å². The Kier molecular flexibility index (Phi) is 5.35. The predicted molar refractivity (Wildman–Crippen MR) is 112 cm³/mol. The number of aryl methyl sites for hydroxylation is 1. The molecule has 1 atom stereocenters. The first-order valence-corrected chi connectivity index (χ1v) is 9.40. The van der Waals surface area contributed by atoms with E-state index in [2.05, 4.69) is 0 Å². The van der Waals surface area contributed by atoms with Crippen molar-refractivity contribution in [1.82, 2.24) is 9.13 Å². The molecule has 6 nitrogen and oxygen atoms in total. The molecule has 0 aliphatic heterocycles. The molecule has 1 heterocycles. The molecular formula is C23H22N2O4. The first kappa shape index (κ1) is 18.8. The van der Waals surface area contributed by atoms with E-state index >= 15 is 0 Å². The van der Waals surface area contributed by atoms with Crippen molar-refractivity contribution < 1.29 is 14.6 Å². The van der Waals surface area contributed by atoms with Crippen molar-refractivity contribution in [2.45, 2.75) is 12.6 Å². The number of benzene rings is 3. The molecule has 0 radical (unpaired) electrons. The van der Waals surface area contributed by atoms with Crippen molar-refractivity contribution in [3.8, 4) is 17.2 Å². The van der Waals surface area contributed by atoms with Gasteiger partial charge in [-0.25, -0.2) is 4.79 Å². The molecule has 4 rings (SSSR count). The summed E-state index contributed by atoms with van der Waals surface area (Å²) in [7, 11) is 1.73. The van der Waals surface area contributed by atoms with Crippen LogP contribution in [0.1, 0.15) is 0 Å². The van der Waals surface area contributed by atoms with Crippen molar-refractivity contribution >= 4 is 11.0 Å². The fourth-order valence-corrected chi connectivity index (χ4v) is 3.22. The fraction of sp³-hybridized carbons (Fsp3) is 0.174. The first-order chi connectivity index (χ1) is 14.1. The van der Waals surface area contributed by atoms with Gasteiger partial charge in [0, 0.05) is 7.05 Å². The van der Waals surface area contributed by atoms with Gasteiger partial charge < -0.3 is 14.6 Å². The Hall–Kier alpha value is -3.51.